The SMILES string of the molecule is C=CCN(C(=O)C1N(CCO)C(=O)[C@@H]2[C@@H](C(=O)O)[C@]3(C)OC12CC3C)c1cc(C)ccc1C. The van der Waals surface area contributed by atoms with Gasteiger partial charge in [-0.15, -0.1) is 6.58 Å². The second kappa shape index (κ2) is 7.95. The Balaban J connectivity index is 1.86. The van der Waals surface area contributed by atoms with Crippen molar-refractivity contribution in [3.8, 4) is 0 Å². The Labute approximate surface area is 193 Å². The molecule has 0 aromatic heterocycles. The molecular formula is C25H32N2O6. The maximum absolute atomic E-state index is 14.2. The van der Waals surface area contributed by atoms with Crippen molar-refractivity contribution in [2.45, 2.75) is 51.4 Å². The van der Waals surface area contributed by atoms with Gasteiger partial charge in [-0.1, -0.05) is 25.1 Å². The van der Waals surface area contributed by atoms with E-state index in [0.29, 0.717) is 12.1 Å². The first kappa shape index (κ1) is 23.4. The van der Waals surface area contributed by atoms with Crippen LogP contribution >= 0.6 is 0 Å². The molecule has 33 heavy (non-hydrogen) atoms. The molecule has 178 valence electrons. The highest BCUT2D eigenvalue weighted by atomic mass is 16.5. The number of anilines is 1. The molecule has 2 amide bonds. The van der Waals surface area contributed by atoms with Gasteiger partial charge in [0, 0.05) is 18.8 Å². The largest absolute Gasteiger partial charge is 0.481 e. The van der Waals surface area contributed by atoms with Gasteiger partial charge in [0.15, 0.2) is 0 Å². The number of hydrogen-bond donors (Lipinski definition) is 2. The van der Waals surface area contributed by atoms with Gasteiger partial charge in [0.25, 0.3) is 5.91 Å². The molecule has 0 aliphatic carbocycles. The van der Waals surface area contributed by atoms with Gasteiger partial charge in [0.2, 0.25) is 5.91 Å². The van der Waals surface area contributed by atoms with E-state index in [1.165, 1.54) is 4.90 Å². The van der Waals surface area contributed by atoms with Crippen molar-refractivity contribution in [2.75, 3.05) is 24.6 Å². The summed E-state index contributed by atoms with van der Waals surface area (Å²) in [4.78, 5) is 43.0. The number of carbonyl (C=O) groups excluding carboxylic acids is 2. The van der Waals surface area contributed by atoms with Crippen molar-refractivity contribution in [1.29, 1.82) is 0 Å². The molecule has 0 radical (unpaired) electrons. The molecule has 3 unspecified atom stereocenters. The minimum Gasteiger partial charge on any atom is -0.481 e. The lowest BCUT2D eigenvalue weighted by Crippen LogP contribution is -2.57. The Morgan fingerprint density at radius 1 is 1.36 bits per heavy atom. The molecule has 3 heterocycles. The summed E-state index contributed by atoms with van der Waals surface area (Å²) in [6.45, 7) is 11.1. The van der Waals surface area contributed by atoms with Gasteiger partial charge in [0.1, 0.15) is 17.6 Å². The van der Waals surface area contributed by atoms with Crippen LogP contribution in [-0.2, 0) is 19.1 Å². The summed E-state index contributed by atoms with van der Waals surface area (Å²) in [7, 11) is 0. The number of carbonyl (C=O) groups is 3. The minimum atomic E-state index is -1.25. The molecule has 3 fully saturated rings. The summed E-state index contributed by atoms with van der Waals surface area (Å²) in [5, 5.41) is 19.7. The molecule has 4 rings (SSSR count). The number of rotatable bonds is 7. The highest BCUT2D eigenvalue weighted by molar-refractivity contribution is 6.05. The standard InChI is InChI=1S/C25H32N2O6/c1-6-9-26(17-12-14(2)7-8-15(17)3)22(30)20-25-13-16(4)24(5,33-25)19(23(31)32)18(25)21(29)27(20)10-11-28/h6-8,12,16,18-20,28H,1,9-11,13H2,2-5H3,(H,31,32)/t16?,18-,19-,20?,24+,25?/m0/s1. The van der Waals surface area contributed by atoms with Gasteiger partial charge in [0.05, 0.1) is 18.1 Å². The van der Waals surface area contributed by atoms with Crippen molar-refractivity contribution in [3.05, 3.63) is 42.0 Å². The van der Waals surface area contributed by atoms with Crippen LogP contribution in [0, 0.1) is 31.6 Å². The van der Waals surface area contributed by atoms with Gasteiger partial charge in [-0.2, -0.15) is 0 Å². The fourth-order valence-electron chi connectivity index (χ4n) is 6.34. The first-order valence-electron chi connectivity index (χ1n) is 11.4. The molecule has 1 aromatic rings. The highest BCUT2D eigenvalue weighted by Gasteiger charge is 2.80. The number of carboxylic acid groups (broad SMARTS) is 1. The van der Waals surface area contributed by atoms with Crippen LogP contribution in [0.25, 0.3) is 0 Å². The molecule has 1 aromatic carbocycles. The van der Waals surface area contributed by atoms with Crippen LogP contribution in [0.3, 0.4) is 0 Å². The molecule has 3 saturated heterocycles. The molecule has 8 heteroatoms. The third kappa shape index (κ3) is 3.14. The average molecular weight is 457 g/mol. The summed E-state index contributed by atoms with van der Waals surface area (Å²) < 4.78 is 6.46. The zero-order valence-electron chi connectivity index (χ0n) is 19.6. The molecule has 3 aliphatic rings. The van der Waals surface area contributed by atoms with E-state index in [2.05, 4.69) is 6.58 Å². The number of aliphatic carboxylic acids is 1. The fraction of sp³-hybridized carbons (Fsp3) is 0.560. The number of carboxylic acids is 1. The van der Waals surface area contributed by atoms with Crippen molar-refractivity contribution >= 4 is 23.5 Å². The summed E-state index contributed by atoms with van der Waals surface area (Å²) in [6, 6.07) is 4.77. The van der Waals surface area contributed by atoms with Gasteiger partial charge in [-0.05, 0) is 50.3 Å². The van der Waals surface area contributed by atoms with E-state index in [0.717, 1.165) is 11.1 Å². The Bertz CT molecular complexity index is 1020. The van der Waals surface area contributed by atoms with Gasteiger partial charge in [-0.3, -0.25) is 14.4 Å². The summed E-state index contributed by atoms with van der Waals surface area (Å²) in [5.74, 6) is -4.07. The Hall–Kier alpha value is -2.71. The zero-order chi connectivity index (χ0) is 24.3. The van der Waals surface area contributed by atoms with E-state index in [9.17, 15) is 24.6 Å². The van der Waals surface area contributed by atoms with E-state index in [4.69, 9.17) is 4.74 Å². The minimum absolute atomic E-state index is 0.0665. The van der Waals surface area contributed by atoms with Crippen LogP contribution in [0.1, 0.15) is 31.4 Å². The third-order valence-electron chi connectivity index (χ3n) is 7.89. The maximum Gasteiger partial charge on any atom is 0.310 e. The van der Waals surface area contributed by atoms with Crippen LogP contribution in [-0.4, -0.2) is 69.8 Å². The number of aliphatic hydroxyl groups is 1. The maximum atomic E-state index is 14.2. The topological polar surface area (TPSA) is 107 Å². The molecule has 3 aliphatic heterocycles. The predicted molar refractivity (Wildman–Crippen MR) is 122 cm³/mol. The summed E-state index contributed by atoms with van der Waals surface area (Å²) in [5.41, 5.74) is 0.283. The number of hydrogen-bond acceptors (Lipinski definition) is 5. The number of β-amino-alcohol motifs (C(OH)–C–C–N with tert-alkyl or cyclic N) is 1. The normalized spacial score (nSPS) is 34.5. The molecule has 8 nitrogen and oxygen atoms in total. The number of benzene rings is 1. The molecular weight excluding hydrogens is 424 g/mol. The van der Waals surface area contributed by atoms with E-state index >= 15 is 0 Å². The number of ether oxygens (including phenoxy) is 1. The number of aliphatic hydroxyl groups excluding tert-OH is 1. The van der Waals surface area contributed by atoms with E-state index in [-0.39, 0.29) is 31.5 Å². The van der Waals surface area contributed by atoms with Gasteiger partial charge < -0.3 is 24.7 Å². The first-order chi connectivity index (χ1) is 15.5. The number of amides is 2. The number of fused-ring (bicyclic) bond motifs is 1. The van der Waals surface area contributed by atoms with E-state index in [1.807, 2.05) is 39.0 Å². The van der Waals surface area contributed by atoms with Gasteiger partial charge in [-0.25, -0.2) is 0 Å². The van der Waals surface area contributed by atoms with Crippen molar-refractivity contribution < 1.29 is 29.3 Å². The van der Waals surface area contributed by atoms with Crippen molar-refractivity contribution in [1.82, 2.24) is 4.90 Å². The number of aryl methyl sites for hydroxylation is 2. The average Bonchev–Trinajstić information content (AvgIpc) is 3.25. The van der Waals surface area contributed by atoms with Crippen LogP contribution in [0.15, 0.2) is 30.9 Å². The van der Waals surface area contributed by atoms with Gasteiger partial charge >= 0.3 is 5.97 Å². The van der Waals surface area contributed by atoms with Crippen LogP contribution < -0.4 is 4.90 Å². The van der Waals surface area contributed by atoms with Crippen molar-refractivity contribution in [3.63, 3.8) is 0 Å². The Kier molecular flexibility index (Phi) is 5.65. The first-order valence-corrected chi connectivity index (χ1v) is 11.4. The Morgan fingerprint density at radius 3 is 2.67 bits per heavy atom. The smallest absolute Gasteiger partial charge is 0.310 e. The number of likely N-dealkylation sites (tertiary alicyclic amines) is 1. The highest BCUT2D eigenvalue weighted by Crippen LogP contribution is 2.65. The third-order valence-corrected chi connectivity index (χ3v) is 7.89. The quantitative estimate of drug-likeness (QED) is 0.607. The van der Waals surface area contributed by atoms with E-state index in [1.54, 1.807) is 17.9 Å². The van der Waals surface area contributed by atoms with Crippen LogP contribution in [0.2, 0.25) is 0 Å². The molecule has 0 saturated carbocycles. The predicted octanol–water partition coefficient (Wildman–Crippen LogP) is 1.91. The zero-order valence-corrected chi connectivity index (χ0v) is 19.6. The monoisotopic (exact) mass is 456 g/mol. The van der Waals surface area contributed by atoms with Crippen LogP contribution in [0.5, 0.6) is 0 Å². The van der Waals surface area contributed by atoms with E-state index < -0.39 is 41.0 Å². The van der Waals surface area contributed by atoms with Crippen LogP contribution in [0.4, 0.5) is 5.69 Å². The lowest BCUT2D eigenvalue weighted by molar-refractivity contribution is -0.156. The molecule has 6 atom stereocenters. The second-order valence-corrected chi connectivity index (χ2v) is 9.82. The molecule has 2 N–H and O–H groups in total. The van der Waals surface area contributed by atoms with Crippen molar-refractivity contribution in [2.24, 2.45) is 17.8 Å². The summed E-state index contributed by atoms with van der Waals surface area (Å²) in [6.07, 6.45) is 2.02. The Morgan fingerprint density at radius 2 is 2.06 bits per heavy atom. The summed E-state index contributed by atoms with van der Waals surface area (Å²) >= 11 is 0. The second-order valence-electron chi connectivity index (χ2n) is 9.82. The number of nitrogens with zero attached hydrogens (tertiary/aromatic N) is 2. The lowest BCUT2D eigenvalue weighted by atomic mass is 9.62. The fourth-order valence-corrected chi connectivity index (χ4v) is 6.34. The molecule has 2 bridgehead atoms. The lowest BCUT2D eigenvalue weighted by Gasteiger charge is -2.37. The molecule has 1 spiro atoms.